The minimum absolute atomic E-state index is 0.0462. The van der Waals surface area contributed by atoms with E-state index in [9.17, 15) is 14.9 Å². The van der Waals surface area contributed by atoms with Gasteiger partial charge in [-0.1, -0.05) is 20.8 Å². The highest BCUT2D eigenvalue weighted by Gasteiger charge is 2.30. The highest BCUT2D eigenvalue weighted by molar-refractivity contribution is 5.79. The molecule has 2 amide bonds. The lowest BCUT2D eigenvalue weighted by Gasteiger charge is -2.35. The Morgan fingerprint density at radius 3 is 2.04 bits per heavy atom. The molecule has 0 saturated carbocycles. The van der Waals surface area contributed by atoms with E-state index in [1.807, 2.05) is 20.8 Å². The average molecular weight is 337 g/mol. The number of hydrogen-bond acceptors (Lipinski definition) is 5. The molecule has 0 aromatic rings. The first-order valence-electron chi connectivity index (χ1n) is 8.74. The fraction of sp³-hybridized carbons (Fsp3) is 0.824. The summed E-state index contributed by atoms with van der Waals surface area (Å²) in [5.41, 5.74) is -0.837. The summed E-state index contributed by atoms with van der Waals surface area (Å²) in [7, 11) is 0. The Morgan fingerprint density at radius 1 is 1.12 bits per heavy atom. The summed E-state index contributed by atoms with van der Waals surface area (Å²) in [6.45, 7) is 12.1. The first kappa shape index (κ1) is 20.4. The first-order chi connectivity index (χ1) is 11.3. The number of nitrogens with one attached hydrogen (secondary N) is 2. The van der Waals surface area contributed by atoms with Crippen LogP contribution in [0.3, 0.4) is 0 Å². The van der Waals surface area contributed by atoms with Crippen LogP contribution in [0.15, 0.2) is 0 Å². The molecule has 1 unspecified atom stereocenters. The Labute approximate surface area is 145 Å². The molecule has 1 fully saturated rings. The van der Waals surface area contributed by atoms with E-state index in [2.05, 4.69) is 26.5 Å². The molecular formula is C17H31N5O2. The van der Waals surface area contributed by atoms with Gasteiger partial charge in [-0.05, 0) is 19.3 Å². The molecule has 0 aromatic heterocycles. The maximum atomic E-state index is 12.2. The van der Waals surface area contributed by atoms with Crippen LogP contribution < -0.4 is 10.6 Å². The molecular weight excluding hydrogens is 306 g/mol. The summed E-state index contributed by atoms with van der Waals surface area (Å²) in [5, 5.41) is 15.0. The number of amides is 2. The maximum Gasteiger partial charge on any atom is 0.235 e. The monoisotopic (exact) mass is 337 g/mol. The van der Waals surface area contributed by atoms with Crippen LogP contribution in [0.5, 0.6) is 0 Å². The number of rotatable bonds is 8. The van der Waals surface area contributed by atoms with Crippen molar-refractivity contribution in [2.75, 3.05) is 45.8 Å². The number of piperazine rings is 1. The van der Waals surface area contributed by atoms with Crippen molar-refractivity contribution in [2.45, 2.75) is 39.7 Å². The molecule has 7 nitrogen and oxygen atoms in total. The van der Waals surface area contributed by atoms with Crippen LogP contribution in [-0.2, 0) is 9.59 Å². The molecule has 136 valence electrons. The second-order valence-corrected chi connectivity index (χ2v) is 6.92. The van der Waals surface area contributed by atoms with E-state index in [0.717, 1.165) is 32.6 Å². The van der Waals surface area contributed by atoms with Crippen molar-refractivity contribution in [3.05, 3.63) is 0 Å². The zero-order valence-electron chi connectivity index (χ0n) is 15.4. The first-order valence-corrected chi connectivity index (χ1v) is 8.74. The molecule has 0 aliphatic carbocycles. The van der Waals surface area contributed by atoms with Gasteiger partial charge in [-0.3, -0.25) is 19.4 Å². The lowest BCUT2D eigenvalue weighted by atomic mass is 9.90. The van der Waals surface area contributed by atoms with Gasteiger partial charge in [-0.25, -0.2) is 0 Å². The molecule has 1 aliphatic heterocycles. The van der Waals surface area contributed by atoms with Crippen LogP contribution in [-0.4, -0.2) is 73.0 Å². The van der Waals surface area contributed by atoms with Crippen molar-refractivity contribution in [3.63, 3.8) is 0 Å². The number of nitrogens with zero attached hydrogens (tertiary/aromatic N) is 3. The van der Waals surface area contributed by atoms with Gasteiger partial charge in [0, 0.05) is 32.7 Å². The Morgan fingerprint density at radius 2 is 1.62 bits per heavy atom. The van der Waals surface area contributed by atoms with Crippen molar-refractivity contribution < 1.29 is 9.59 Å². The smallest absolute Gasteiger partial charge is 0.235 e. The second kappa shape index (κ2) is 9.60. The van der Waals surface area contributed by atoms with Crippen LogP contribution in [0.1, 0.15) is 34.1 Å². The molecule has 1 heterocycles. The van der Waals surface area contributed by atoms with Gasteiger partial charge in [0.25, 0.3) is 0 Å². The predicted molar refractivity (Wildman–Crippen MR) is 93.2 cm³/mol. The van der Waals surface area contributed by atoms with E-state index in [4.69, 9.17) is 0 Å². The molecule has 2 N–H and O–H groups in total. The van der Waals surface area contributed by atoms with Crippen molar-refractivity contribution >= 4 is 11.8 Å². The molecule has 1 aliphatic rings. The predicted octanol–water partition coefficient (Wildman–Crippen LogP) is 0.185. The van der Waals surface area contributed by atoms with E-state index >= 15 is 0 Å². The molecule has 0 aromatic carbocycles. The molecule has 1 saturated heterocycles. The average Bonchev–Trinajstić information content (AvgIpc) is 2.54. The molecule has 0 spiro atoms. The SMILES string of the molecule is CCCNC(=O)CN1CCN(CC(=O)NC(C)(C#N)C(C)C)CC1. The zero-order chi connectivity index (χ0) is 18.2. The number of nitriles is 1. The minimum Gasteiger partial charge on any atom is -0.355 e. The van der Waals surface area contributed by atoms with Gasteiger partial charge in [0.15, 0.2) is 0 Å². The molecule has 1 rings (SSSR count). The fourth-order valence-corrected chi connectivity index (χ4v) is 2.46. The minimum atomic E-state index is -0.837. The van der Waals surface area contributed by atoms with Gasteiger partial charge in [0.2, 0.25) is 11.8 Å². The molecule has 1 atom stereocenters. The number of carbonyl (C=O) groups excluding carboxylic acids is 2. The van der Waals surface area contributed by atoms with Crippen molar-refractivity contribution in [3.8, 4) is 6.07 Å². The standard InChI is InChI=1S/C17H31N5O2/c1-5-6-19-15(23)11-21-7-9-22(10-8-21)12-16(24)20-17(4,13-18)14(2)3/h14H,5-12H2,1-4H3,(H,19,23)(H,20,24). The molecule has 0 bridgehead atoms. The van der Waals surface area contributed by atoms with Gasteiger partial charge < -0.3 is 10.6 Å². The molecule has 24 heavy (non-hydrogen) atoms. The summed E-state index contributed by atoms with van der Waals surface area (Å²) in [5.74, 6) is -0.0171. The summed E-state index contributed by atoms with van der Waals surface area (Å²) >= 11 is 0. The van der Waals surface area contributed by atoms with Gasteiger partial charge in [0.1, 0.15) is 5.54 Å². The van der Waals surface area contributed by atoms with Crippen molar-refractivity contribution in [1.82, 2.24) is 20.4 Å². The van der Waals surface area contributed by atoms with Gasteiger partial charge in [-0.15, -0.1) is 0 Å². The highest BCUT2D eigenvalue weighted by atomic mass is 16.2. The van der Waals surface area contributed by atoms with E-state index in [1.165, 1.54) is 0 Å². The lowest BCUT2D eigenvalue weighted by Crippen LogP contribution is -2.55. The number of carbonyl (C=O) groups is 2. The van der Waals surface area contributed by atoms with E-state index in [0.29, 0.717) is 19.6 Å². The van der Waals surface area contributed by atoms with E-state index < -0.39 is 5.54 Å². The maximum absolute atomic E-state index is 12.2. The van der Waals surface area contributed by atoms with E-state index in [1.54, 1.807) is 6.92 Å². The summed E-state index contributed by atoms with van der Waals surface area (Å²) in [4.78, 5) is 28.1. The topological polar surface area (TPSA) is 88.5 Å². The summed E-state index contributed by atoms with van der Waals surface area (Å²) < 4.78 is 0. The molecule has 7 heteroatoms. The third-order valence-electron chi connectivity index (χ3n) is 4.56. The Kier molecular flexibility index (Phi) is 8.16. The summed E-state index contributed by atoms with van der Waals surface area (Å²) in [6.07, 6.45) is 0.937. The normalized spacial score (nSPS) is 18.7. The highest BCUT2D eigenvalue weighted by Crippen LogP contribution is 2.15. The van der Waals surface area contributed by atoms with Gasteiger partial charge in [-0.2, -0.15) is 5.26 Å². The van der Waals surface area contributed by atoms with Crippen LogP contribution in [0, 0.1) is 17.2 Å². The zero-order valence-corrected chi connectivity index (χ0v) is 15.4. The third-order valence-corrected chi connectivity index (χ3v) is 4.56. The van der Waals surface area contributed by atoms with Gasteiger partial charge >= 0.3 is 0 Å². The van der Waals surface area contributed by atoms with Crippen molar-refractivity contribution in [1.29, 1.82) is 5.26 Å². The fourth-order valence-electron chi connectivity index (χ4n) is 2.46. The van der Waals surface area contributed by atoms with Crippen molar-refractivity contribution in [2.24, 2.45) is 5.92 Å². The Balaban J connectivity index is 2.34. The van der Waals surface area contributed by atoms with Gasteiger partial charge in [0.05, 0.1) is 19.2 Å². The third kappa shape index (κ3) is 6.46. The van der Waals surface area contributed by atoms with Crippen LogP contribution in [0.2, 0.25) is 0 Å². The van der Waals surface area contributed by atoms with Crippen LogP contribution in [0.25, 0.3) is 0 Å². The van der Waals surface area contributed by atoms with E-state index in [-0.39, 0.29) is 17.7 Å². The van der Waals surface area contributed by atoms with Crippen LogP contribution >= 0.6 is 0 Å². The number of hydrogen-bond donors (Lipinski definition) is 2. The lowest BCUT2D eigenvalue weighted by molar-refractivity contribution is -0.126. The molecule has 0 radical (unpaired) electrons. The Hall–Kier alpha value is -1.65. The largest absolute Gasteiger partial charge is 0.355 e. The Bertz CT molecular complexity index is 466. The second-order valence-electron chi connectivity index (χ2n) is 6.92. The van der Waals surface area contributed by atoms with Crippen LogP contribution in [0.4, 0.5) is 0 Å². The quantitative estimate of drug-likeness (QED) is 0.660. The summed E-state index contributed by atoms with van der Waals surface area (Å²) in [6, 6.07) is 2.19.